The van der Waals surface area contributed by atoms with Crippen molar-refractivity contribution in [2.75, 3.05) is 52.9 Å². The lowest BCUT2D eigenvalue weighted by molar-refractivity contribution is -0.128. The van der Waals surface area contributed by atoms with Crippen LogP contribution in [-0.2, 0) is 11.2 Å². The van der Waals surface area contributed by atoms with Gasteiger partial charge in [-0.25, -0.2) is 4.39 Å². The van der Waals surface area contributed by atoms with E-state index in [9.17, 15) is 14.0 Å². The van der Waals surface area contributed by atoms with Crippen LogP contribution < -0.4 is 0 Å². The Hall–Kier alpha value is -3.30. The van der Waals surface area contributed by atoms with Crippen molar-refractivity contribution in [1.82, 2.24) is 29.2 Å². The zero-order valence-electron chi connectivity index (χ0n) is 28.1. The Morgan fingerprint density at radius 2 is 1.78 bits per heavy atom. The number of likely N-dealkylation sites (tertiary alicyclic amines) is 3. The molecule has 0 spiro atoms. The van der Waals surface area contributed by atoms with Gasteiger partial charge in [0.05, 0.1) is 23.0 Å². The predicted molar refractivity (Wildman–Crippen MR) is 179 cm³/mol. The van der Waals surface area contributed by atoms with Crippen molar-refractivity contribution in [3.05, 3.63) is 59.3 Å². The van der Waals surface area contributed by atoms with E-state index in [1.54, 1.807) is 24.9 Å². The molecule has 3 aliphatic heterocycles. The zero-order valence-corrected chi connectivity index (χ0v) is 28.1. The van der Waals surface area contributed by atoms with Gasteiger partial charge in [0.2, 0.25) is 5.91 Å². The standard InChI is InChI=1S/C37H49FN6O2/c1-23(2)40(5)37(46)33-13-31(38)6-7-34(33)44-22-28(36-24(3)14-39-15-35(36)44)10-26-8-9-41(16-26)17-27-11-32(12-27)43-20-29-18-42(25(4)45)19-30(29)21-43/h6-7,13-15,22-23,26-27,29-30,32H,8-12,16-21H2,1-5H3/t26-,27?,29-,30-,32?/m1/s1. The highest BCUT2D eigenvalue weighted by Crippen LogP contribution is 2.40. The van der Waals surface area contributed by atoms with E-state index in [2.05, 4.69) is 32.5 Å². The van der Waals surface area contributed by atoms with Gasteiger partial charge >= 0.3 is 0 Å². The molecule has 4 fully saturated rings. The Morgan fingerprint density at radius 3 is 2.48 bits per heavy atom. The van der Waals surface area contributed by atoms with Gasteiger partial charge in [-0.3, -0.25) is 19.5 Å². The van der Waals surface area contributed by atoms with Crippen LogP contribution in [0.15, 0.2) is 36.8 Å². The van der Waals surface area contributed by atoms with Crippen LogP contribution in [-0.4, -0.2) is 106 Å². The fourth-order valence-electron chi connectivity index (χ4n) is 8.76. The monoisotopic (exact) mass is 628 g/mol. The summed E-state index contributed by atoms with van der Waals surface area (Å²) < 4.78 is 16.5. The molecule has 9 heteroatoms. The minimum absolute atomic E-state index is 0.000591. The number of carbonyl (C=O) groups is 2. The van der Waals surface area contributed by atoms with Crippen LogP contribution in [0.3, 0.4) is 0 Å². The van der Waals surface area contributed by atoms with Crippen molar-refractivity contribution in [3.8, 4) is 5.69 Å². The number of aromatic nitrogens is 2. The molecular formula is C37H49FN6O2. The summed E-state index contributed by atoms with van der Waals surface area (Å²) in [6.07, 6.45) is 10.7. The number of amides is 2. The number of hydrogen-bond acceptors (Lipinski definition) is 5. The Labute approximate surface area is 272 Å². The van der Waals surface area contributed by atoms with E-state index in [0.29, 0.717) is 29.0 Å². The molecule has 0 N–H and O–H groups in total. The van der Waals surface area contributed by atoms with Crippen LogP contribution in [0.4, 0.5) is 4.39 Å². The second-order valence-corrected chi connectivity index (χ2v) is 15.1. The van der Waals surface area contributed by atoms with Crippen LogP contribution in [0, 0.1) is 36.4 Å². The first-order chi connectivity index (χ1) is 22.0. The molecule has 0 radical (unpaired) electrons. The number of fused-ring (bicyclic) bond motifs is 2. The second kappa shape index (κ2) is 12.4. The van der Waals surface area contributed by atoms with Crippen LogP contribution in [0.25, 0.3) is 16.6 Å². The molecular weight excluding hydrogens is 579 g/mol. The molecule has 3 atom stereocenters. The normalized spacial score (nSPS) is 26.7. The molecule has 0 bridgehead atoms. The molecule has 8 nitrogen and oxygen atoms in total. The second-order valence-electron chi connectivity index (χ2n) is 15.1. The lowest BCUT2D eigenvalue weighted by Gasteiger charge is -2.43. The van der Waals surface area contributed by atoms with Gasteiger partial charge < -0.3 is 19.3 Å². The maximum atomic E-state index is 14.5. The minimum Gasteiger partial charge on any atom is -0.342 e. The summed E-state index contributed by atoms with van der Waals surface area (Å²) in [7, 11) is 1.77. The SMILES string of the molecule is CC(=O)N1C[C@@H]2CN(C3CC(CN4CC[C@H](Cc5cn(-c6ccc(F)cc6C(=O)N(C)C(C)C)c6cncc(C)c56)C4)C3)C[C@H]2C1. The highest BCUT2D eigenvalue weighted by molar-refractivity contribution is 5.99. The average molecular weight is 629 g/mol. The fraction of sp³-hybridized carbons (Fsp3) is 0.595. The Balaban J connectivity index is 1.00. The largest absolute Gasteiger partial charge is 0.342 e. The van der Waals surface area contributed by atoms with E-state index in [1.165, 1.54) is 62.0 Å². The van der Waals surface area contributed by atoms with Crippen LogP contribution >= 0.6 is 0 Å². The highest BCUT2D eigenvalue weighted by Gasteiger charge is 2.45. The maximum absolute atomic E-state index is 14.5. The first-order valence-corrected chi connectivity index (χ1v) is 17.3. The van der Waals surface area contributed by atoms with Crippen molar-refractivity contribution in [1.29, 1.82) is 0 Å². The van der Waals surface area contributed by atoms with Crippen LogP contribution in [0.5, 0.6) is 0 Å². The molecule has 246 valence electrons. The summed E-state index contributed by atoms with van der Waals surface area (Å²) in [5.41, 5.74) is 4.40. The van der Waals surface area contributed by atoms with Gasteiger partial charge in [-0.2, -0.15) is 0 Å². The number of nitrogens with zero attached hydrogens (tertiary/aromatic N) is 6. The first kappa shape index (κ1) is 31.3. The number of rotatable bonds is 8. The highest BCUT2D eigenvalue weighted by atomic mass is 19.1. The van der Waals surface area contributed by atoms with Gasteiger partial charge in [-0.15, -0.1) is 0 Å². The van der Waals surface area contributed by atoms with Gasteiger partial charge in [0.1, 0.15) is 5.82 Å². The number of pyridine rings is 1. The van der Waals surface area contributed by atoms with E-state index in [0.717, 1.165) is 55.6 Å². The van der Waals surface area contributed by atoms with Crippen LogP contribution in [0.2, 0.25) is 0 Å². The topological polar surface area (TPSA) is 64.9 Å². The number of aryl methyl sites for hydroxylation is 1. The third-order valence-electron chi connectivity index (χ3n) is 11.6. The summed E-state index contributed by atoms with van der Waals surface area (Å²) >= 11 is 0. The van der Waals surface area contributed by atoms with Gasteiger partial charge in [-0.1, -0.05) is 0 Å². The fourth-order valence-corrected chi connectivity index (χ4v) is 8.76. The Morgan fingerprint density at radius 1 is 1.04 bits per heavy atom. The smallest absolute Gasteiger partial charge is 0.256 e. The molecule has 4 aliphatic rings. The molecule has 2 aromatic heterocycles. The average Bonchev–Trinajstić information content (AvgIpc) is 3.77. The molecule has 0 unspecified atom stereocenters. The van der Waals surface area contributed by atoms with Crippen molar-refractivity contribution in [2.45, 2.75) is 65.5 Å². The third kappa shape index (κ3) is 5.85. The van der Waals surface area contributed by atoms with E-state index >= 15 is 0 Å². The molecule has 1 aromatic carbocycles. The van der Waals surface area contributed by atoms with Gasteiger partial charge in [-0.05, 0) is 106 Å². The molecule has 3 aromatic rings. The lowest BCUT2D eigenvalue weighted by Crippen LogP contribution is -2.47. The Bertz CT molecular complexity index is 1620. The lowest BCUT2D eigenvalue weighted by atomic mass is 9.79. The van der Waals surface area contributed by atoms with E-state index < -0.39 is 5.82 Å². The first-order valence-electron chi connectivity index (χ1n) is 17.3. The Kier molecular flexibility index (Phi) is 8.42. The molecule has 1 saturated carbocycles. The quantitative estimate of drug-likeness (QED) is 0.351. The van der Waals surface area contributed by atoms with E-state index in [4.69, 9.17) is 0 Å². The predicted octanol–water partition coefficient (Wildman–Crippen LogP) is 5.01. The maximum Gasteiger partial charge on any atom is 0.256 e. The van der Waals surface area contributed by atoms with Crippen molar-refractivity contribution in [2.24, 2.45) is 23.7 Å². The molecule has 7 rings (SSSR count). The van der Waals surface area contributed by atoms with E-state index in [1.807, 2.05) is 31.1 Å². The third-order valence-corrected chi connectivity index (χ3v) is 11.6. The summed E-state index contributed by atoms with van der Waals surface area (Å²) in [5.74, 6) is 2.33. The number of carbonyl (C=O) groups excluding carboxylic acids is 2. The summed E-state index contributed by atoms with van der Waals surface area (Å²) in [6.45, 7) is 15.4. The number of hydrogen-bond donors (Lipinski definition) is 0. The molecule has 5 heterocycles. The van der Waals surface area contributed by atoms with Crippen molar-refractivity contribution >= 4 is 22.7 Å². The van der Waals surface area contributed by atoms with Crippen molar-refractivity contribution < 1.29 is 14.0 Å². The minimum atomic E-state index is -0.414. The molecule has 1 aliphatic carbocycles. The molecule has 46 heavy (non-hydrogen) atoms. The number of benzene rings is 1. The van der Waals surface area contributed by atoms with Gasteiger partial charge in [0.15, 0.2) is 0 Å². The van der Waals surface area contributed by atoms with Gasteiger partial charge in [0.25, 0.3) is 5.91 Å². The number of halogens is 1. The summed E-state index contributed by atoms with van der Waals surface area (Å²) in [4.78, 5) is 38.9. The van der Waals surface area contributed by atoms with Gasteiger partial charge in [0, 0.05) is 83.1 Å². The molecule has 3 saturated heterocycles. The van der Waals surface area contributed by atoms with E-state index in [-0.39, 0.29) is 17.9 Å². The summed E-state index contributed by atoms with van der Waals surface area (Å²) in [5, 5.41) is 1.19. The summed E-state index contributed by atoms with van der Waals surface area (Å²) in [6, 6.07) is 5.25. The molecule has 2 amide bonds. The van der Waals surface area contributed by atoms with Crippen LogP contribution in [0.1, 0.15) is 61.5 Å². The zero-order chi connectivity index (χ0) is 32.3. The van der Waals surface area contributed by atoms with Crippen molar-refractivity contribution in [3.63, 3.8) is 0 Å².